The molecule has 556 valence electrons. The number of nitrogens with zero attached hydrogens (tertiary/aromatic N) is 2. The van der Waals surface area contributed by atoms with Crippen LogP contribution in [-0.4, -0.2) is 88.3 Å². The lowest BCUT2D eigenvalue weighted by Gasteiger charge is -2.45. The minimum absolute atomic E-state index is 0. The molecule has 6 atom stereocenters. The van der Waals surface area contributed by atoms with Gasteiger partial charge in [0.15, 0.2) is 0 Å². The number of aryl methyl sites for hydroxylation is 4. The standard InChI is InChI=1S/C46H61NO4.C28H43NO4.C10H10.C8H8.CH4/c1-34(2)45(40-16-12-9-13-17-40)47(46(4,5)6)51-44(42-25-23-39-22-24-41(39)31-42)32-43(38-14-10-8-11-15-38)30-35(3)37-20-18-36(19-21-37)33-50-29-28-49-27-26-48-7;1-22(2)27(26-11-9-8-10-12-26)29(28(4,5)6)33-23(3)25-15-13-24(14-16-25)21-32-20-19-31-18-17-30-7;1-2-8-3-4-9-5-6-10(9)7-8;1-2-8-6-4-3-5-7-8;/h8-21,23,25,31,34-35,43-45H,22,24,26-30,32-33H2,1-7H3;8-16,22-23,27H,17-21H2,1-7H3;2-4,7H,1,5-6H2;2-7H,1H2;1H4. The molecule has 0 aromatic heterocycles. The molecule has 2 aliphatic rings. The molecule has 0 spiro atoms. The van der Waals surface area contributed by atoms with Crippen molar-refractivity contribution in [3.63, 3.8) is 0 Å². The minimum atomic E-state index is -0.221. The van der Waals surface area contributed by atoms with Crippen LogP contribution in [0.4, 0.5) is 0 Å². The Labute approximate surface area is 622 Å². The Bertz CT molecular complexity index is 3610. The van der Waals surface area contributed by atoms with Gasteiger partial charge in [0.1, 0.15) is 12.2 Å². The van der Waals surface area contributed by atoms with Crippen LogP contribution in [0.15, 0.2) is 219 Å². The molecule has 2 aliphatic carbocycles. The highest BCUT2D eigenvalue weighted by atomic mass is 16.7. The summed E-state index contributed by atoms with van der Waals surface area (Å²) in [5.74, 6) is 1.42. The van der Waals surface area contributed by atoms with Crippen LogP contribution >= 0.6 is 0 Å². The molecule has 10 nitrogen and oxygen atoms in total. The molecule has 8 aromatic rings. The lowest BCUT2D eigenvalue weighted by molar-refractivity contribution is -0.278. The summed E-state index contributed by atoms with van der Waals surface area (Å²) in [6, 6.07) is 74.0. The van der Waals surface area contributed by atoms with Crippen LogP contribution in [-0.2, 0) is 77.0 Å². The Morgan fingerprint density at radius 1 is 0.379 bits per heavy atom. The van der Waals surface area contributed by atoms with Gasteiger partial charge in [0.25, 0.3) is 0 Å². The first kappa shape index (κ1) is 84.8. The first-order valence-electron chi connectivity index (χ1n) is 37.3. The number of hydrogen-bond acceptors (Lipinski definition) is 10. The zero-order valence-corrected chi connectivity index (χ0v) is 64.3. The lowest BCUT2D eigenvalue weighted by Crippen LogP contribution is -2.46. The molecule has 10 heteroatoms. The second-order valence-corrected chi connectivity index (χ2v) is 29.7. The number of methoxy groups -OCH3 is 2. The van der Waals surface area contributed by atoms with Gasteiger partial charge in [-0.15, -0.1) is 0 Å². The van der Waals surface area contributed by atoms with Gasteiger partial charge in [-0.1, -0.05) is 274 Å². The van der Waals surface area contributed by atoms with Crippen molar-refractivity contribution in [3.8, 4) is 0 Å². The summed E-state index contributed by atoms with van der Waals surface area (Å²) >= 11 is 0. The highest BCUT2D eigenvalue weighted by Crippen LogP contribution is 2.44. The van der Waals surface area contributed by atoms with Crippen molar-refractivity contribution in [3.05, 3.63) is 297 Å². The van der Waals surface area contributed by atoms with E-state index >= 15 is 0 Å². The van der Waals surface area contributed by atoms with Crippen LogP contribution in [0.5, 0.6) is 0 Å². The Morgan fingerprint density at radius 3 is 1.17 bits per heavy atom. The van der Waals surface area contributed by atoms with Gasteiger partial charge in [-0.05, 0) is 189 Å². The second-order valence-electron chi connectivity index (χ2n) is 29.7. The van der Waals surface area contributed by atoms with Crippen molar-refractivity contribution in [2.24, 2.45) is 11.8 Å². The van der Waals surface area contributed by atoms with E-state index in [-0.39, 0.29) is 42.8 Å². The summed E-state index contributed by atoms with van der Waals surface area (Å²) in [6.07, 6.45) is 10.3. The quantitative estimate of drug-likeness (QED) is 0.0280. The molecule has 0 saturated heterocycles. The van der Waals surface area contributed by atoms with E-state index in [2.05, 4.69) is 282 Å². The molecule has 0 fully saturated rings. The number of fused-ring (bicyclic) bond motifs is 2. The lowest BCUT2D eigenvalue weighted by atomic mass is 9.80. The fraction of sp³-hybridized carbons (Fsp3) is 0.441. The van der Waals surface area contributed by atoms with Crippen LogP contribution in [0, 0.1) is 11.8 Å². The van der Waals surface area contributed by atoms with Crippen LogP contribution in [0.3, 0.4) is 0 Å². The predicted molar refractivity (Wildman–Crippen MR) is 430 cm³/mol. The van der Waals surface area contributed by atoms with Crippen molar-refractivity contribution in [1.29, 1.82) is 0 Å². The number of rotatable bonds is 36. The second kappa shape index (κ2) is 44.6. The van der Waals surface area contributed by atoms with E-state index in [1.165, 1.54) is 86.0 Å². The number of benzene rings is 8. The third kappa shape index (κ3) is 28.0. The van der Waals surface area contributed by atoms with Gasteiger partial charge in [-0.2, -0.15) is 10.1 Å². The van der Waals surface area contributed by atoms with E-state index in [0.29, 0.717) is 89.7 Å². The molecule has 6 unspecified atom stereocenters. The van der Waals surface area contributed by atoms with Gasteiger partial charge in [-0.25, -0.2) is 0 Å². The molecule has 8 aromatic carbocycles. The molecule has 0 aliphatic heterocycles. The van der Waals surface area contributed by atoms with Crippen molar-refractivity contribution in [1.82, 2.24) is 10.1 Å². The van der Waals surface area contributed by atoms with Crippen LogP contribution < -0.4 is 0 Å². The van der Waals surface area contributed by atoms with Crippen LogP contribution in [0.1, 0.15) is 217 Å². The Balaban J connectivity index is 0.000000269. The van der Waals surface area contributed by atoms with Gasteiger partial charge in [0.2, 0.25) is 0 Å². The van der Waals surface area contributed by atoms with E-state index < -0.39 is 0 Å². The average molecular weight is 1400 g/mol. The zero-order chi connectivity index (χ0) is 73.3. The number of ether oxygens (including phenoxy) is 6. The molecule has 0 radical (unpaired) electrons. The average Bonchev–Trinajstić information content (AvgIpc) is 0.797. The normalized spacial score (nSPS) is 14.1. The maximum Gasteiger partial charge on any atom is 0.105 e. The Hall–Kier alpha value is -7.16. The number of hydrogen-bond donors (Lipinski definition) is 0. The maximum absolute atomic E-state index is 7.43. The SMILES string of the molecule is C.C=Cc1ccc2c(c1)CC2.C=Cc1ccccc1.COCCOCCOCc1ccc(C(C)CC(CC(ON(C(c2ccccc2)C(C)C)C(C)(C)C)c2ccc3c(c2)CC3)c2ccccc2)cc1.COCCOCCOCc1ccc(C(C)ON(C(c2ccccc2)C(C)C)C(C)(C)C)cc1. The molecular formula is C93H126N2O8. The van der Waals surface area contributed by atoms with Crippen molar-refractivity contribution >= 4 is 12.2 Å². The largest absolute Gasteiger partial charge is 0.382 e. The molecule has 0 heterocycles. The van der Waals surface area contributed by atoms with Crippen molar-refractivity contribution < 1.29 is 38.1 Å². The molecule has 0 amide bonds. The third-order valence-electron chi connectivity index (χ3n) is 18.9. The summed E-state index contributed by atoms with van der Waals surface area (Å²) in [5.41, 5.74) is 18.0. The van der Waals surface area contributed by atoms with E-state index in [1.54, 1.807) is 14.2 Å². The highest BCUT2D eigenvalue weighted by molar-refractivity contribution is 5.52. The monoisotopic (exact) mass is 1400 g/mol. The van der Waals surface area contributed by atoms with Gasteiger partial charge in [-0.3, -0.25) is 9.68 Å². The molecule has 0 N–H and O–H groups in total. The summed E-state index contributed by atoms with van der Waals surface area (Å²) < 4.78 is 32.5. The van der Waals surface area contributed by atoms with E-state index in [1.807, 2.05) is 42.5 Å². The highest BCUT2D eigenvalue weighted by Gasteiger charge is 2.38. The first-order valence-corrected chi connectivity index (χ1v) is 37.3. The van der Waals surface area contributed by atoms with E-state index in [9.17, 15) is 0 Å². The fourth-order valence-corrected chi connectivity index (χ4v) is 13.0. The zero-order valence-electron chi connectivity index (χ0n) is 64.3. The molecule has 0 saturated carbocycles. The van der Waals surface area contributed by atoms with E-state index in [4.69, 9.17) is 38.1 Å². The van der Waals surface area contributed by atoms with Gasteiger partial charge >= 0.3 is 0 Å². The molecule has 103 heavy (non-hydrogen) atoms. The van der Waals surface area contributed by atoms with E-state index in [0.717, 1.165) is 30.4 Å². The molecular weight excluding hydrogens is 1270 g/mol. The molecule has 0 bridgehead atoms. The van der Waals surface area contributed by atoms with Crippen molar-refractivity contribution in [2.75, 3.05) is 67.1 Å². The molecule has 10 rings (SSSR count). The first-order chi connectivity index (χ1) is 49.2. The third-order valence-corrected chi connectivity index (χ3v) is 18.9. The van der Waals surface area contributed by atoms with Gasteiger partial charge in [0.05, 0.1) is 78.2 Å². The van der Waals surface area contributed by atoms with Crippen LogP contribution in [0.25, 0.3) is 12.2 Å². The topological polar surface area (TPSA) is 80.3 Å². The van der Waals surface area contributed by atoms with Gasteiger partial charge in [0, 0.05) is 25.3 Å². The summed E-state index contributed by atoms with van der Waals surface area (Å²) in [5, 5.41) is 4.49. The number of hydroxylamine groups is 4. The van der Waals surface area contributed by atoms with Crippen LogP contribution in [0.2, 0.25) is 0 Å². The minimum Gasteiger partial charge on any atom is -0.382 e. The Morgan fingerprint density at radius 2 is 0.767 bits per heavy atom. The summed E-state index contributed by atoms with van der Waals surface area (Å²) in [4.78, 5) is 14.1. The fourth-order valence-electron chi connectivity index (χ4n) is 13.0. The Kier molecular flexibility index (Phi) is 36.7. The smallest absolute Gasteiger partial charge is 0.105 e. The van der Waals surface area contributed by atoms with Crippen molar-refractivity contribution in [2.45, 2.75) is 189 Å². The summed E-state index contributed by atoms with van der Waals surface area (Å²) in [7, 11) is 3.35. The summed E-state index contributed by atoms with van der Waals surface area (Å²) in [6.45, 7) is 40.3. The maximum atomic E-state index is 7.43. The van der Waals surface area contributed by atoms with Gasteiger partial charge < -0.3 is 28.4 Å². The predicted octanol–water partition coefficient (Wildman–Crippen LogP) is 22.6.